The first-order valence-electron chi connectivity index (χ1n) is 4.22. The van der Waals surface area contributed by atoms with Crippen LogP contribution in [0.4, 0.5) is 9.59 Å². The molecular formula is C7H15N3O4. The van der Waals surface area contributed by atoms with Gasteiger partial charge in [0, 0.05) is 12.6 Å². The van der Waals surface area contributed by atoms with Gasteiger partial charge in [-0.3, -0.25) is 0 Å². The highest BCUT2D eigenvalue weighted by Crippen LogP contribution is 1.94. The first-order chi connectivity index (χ1) is 6.56. The Labute approximate surface area is 81.3 Å². The van der Waals surface area contributed by atoms with Gasteiger partial charge in [-0.25, -0.2) is 9.59 Å². The lowest BCUT2D eigenvalue weighted by Gasteiger charge is -2.15. The third-order valence-corrected chi connectivity index (χ3v) is 1.58. The molecule has 0 saturated carbocycles. The first kappa shape index (κ1) is 12.5. The summed E-state index contributed by atoms with van der Waals surface area (Å²) in [6, 6.07) is -0.424. The van der Waals surface area contributed by atoms with Gasteiger partial charge in [-0.15, -0.1) is 0 Å². The van der Waals surface area contributed by atoms with E-state index in [0.717, 1.165) is 0 Å². The predicted molar refractivity (Wildman–Crippen MR) is 49.3 cm³/mol. The molecule has 0 spiro atoms. The van der Waals surface area contributed by atoms with E-state index in [1.54, 1.807) is 0 Å². The summed E-state index contributed by atoms with van der Waals surface area (Å²) in [6.45, 7) is 0.506. The van der Waals surface area contributed by atoms with Gasteiger partial charge in [-0.1, -0.05) is 0 Å². The van der Waals surface area contributed by atoms with Crippen LogP contribution in [0.25, 0.3) is 0 Å². The summed E-state index contributed by atoms with van der Waals surface area (Å²) in [4.78, 5) is 20.5. The van der Waals surface area contributed by atoms with Crippen molar-refractivity contribution in [3.63, 3.8) is 0 Å². The monoisotopic (exact) mass is 205 g/mol. The summed E-state index contributed by atoms with van der Waals surface area (Å²) < 4.78 is 0. The van der Waals surface area contributed by atoms with Crippen molar-refractivity contribution in [2.75, 3.05) is 13.1 Å². The number of hydrogen-bond donors (Lipinski definition) is 5. The minimum absolute atomic E-state index is 0.0572. The number of rotatable bonds is 6. The zero-order valence-corrected chi connectivity index (χ0v) is 7.69. The van der Waals surface area contributed by atoms with Crippen LogP contribution in [0.2, 0.25) is 0 Å². The highest BCUT2D eigenvalue weighted by atomic mass is 16.4. The van der Waals surface area contributed by atoms with Gasteiger partial charge in [-0.2, -0.15) is 0 Å². The SMILES string of the molecule is NCCC[C@@H](CNC(=O)O)NC(=O)O. The van der Waals surface area contributed by atoms with E-state index in [1.165, 1.54) is 0 Å². The van der Waals surface area contributed by atoms with E-state index < -0.39 is 18.2 Å². The Balaban J connectivity index is 3.83. The average molecular weight is 205 g/mol. The molecule has 1 atom stereocenters. The van der Waals surface area contributed by atoms with Gasteiger partial charge in [-0.05, 0) is 19.4 Å². The molecule has 2 amide bonds. The van der Waals surface area contributed by atoms with Crippen molar-refractivity contribution < 1.29 is 19.8 Å². The topological polar surface area (TPSA) is 125 Å². The zero-order chi connectivity index (χ0) is 11.0. The molecule has 82 valence electrons. The maximum Gasteiger partial charge on any atom is 0.404 e. The smallest absolute Gasteiger partial charge is 0.404 e. The van der Waals surface area contributed by atoms with E-state index in [9.17, 15) is 9.59 Å². The maximum atomic E-state index is 10.3. The van der Waals surface area contributed by atoms with Gasteiger partial charge >= 0.3 is 12.2 Å². The fourth-order valence-electron chi connectivity index (χ4n) is 0.975. The molecule has 0 aromatic heterocycles. The molecule has 0 radical (unpaired) electrons. The van der Waals surface area contributed by atoms with Crippen molar-refractivity contribution >= 4 is 12.2 Å². The second-order valence-electron chi connectivity index (χ2n) is 2.76. The summed E-state index contributed by atoms with van der Waals surface area (Å²) in [5.41, 5.74) is 5.25. The fourth-order valence-corrected chi connectivity index (χ4v) is 0.975. The van der Waals surface area contributed by atoms with Crippen molar-refractivity contribution in [2.45, 2.75) is 18.9 Å². The number of hydrogen-bond acceptors (Lipinski definition) is 3. The van der Waals surface area contributed by atoms with Crippen molar-refractivity contribution in [3.05, 3.63) is 0 Å². The Morgan fingerprint density at radius 2 is 1.93 bits per heavy atom. The van der Waals surface area contributed by atoms with E-state index in [0.29, 0.717) is 19.4 Å². The summed E-state index contributed by atoms with van der Waals surface area (Å²) in [6.07, 6.45) is -1.18. The lowest BCUT2D eigenvalue weighted by atomic mass is 10.1. The van der Waals surface area contributed by atoms with Crippen LogP contribution >= 0.6 is 0 Å². The van der Waals surface area contributed by atoms with E-state index in [-0.39, 0.29) is 6.54 Å². The third-order valence-electron chi connectivity index (χ3n) is 1.58. The lowest BCUT2D eigenvalue weighted by Crippen LogP contribution is -2.43. The predicted octanol–water partition coefficient (Wildman–Crippen LogP) is -0.371. The van der Waals surface area contributed by atoms with E-state index in [4.69, 9.17) is 15.9 Å². The van der Waals surface area contributed by atoms with Gasteiger partial charge in [0.25, 0.3) is 0 Å². The standard InChI is InChI=1S/C7H15N3O4/c8-3-1-2-5(10-7(13)14)4-9-6(11)12/h5,9-10H,1-4,8H2,(H,11,12)(H,13,14)/t5-/m0/s1. The van der Waals surface area contributed by atoms with Crippen LogP contribution in [-0.2, 0) is 0 Å². The summed E-state index contributed by atoms with van der Waals surface area (Å²) >= 11 is 0. The number of carboxylic acid groups (broad SMARTS) is 2. The molecule has 0 heterocycles. The van der Waals surface area contributed by atoms with Crippen molar-refractivity contribution in [3.8, 4) is 0 Å². The molecule has 6 N–H and O–H groups in total. The van der Waals surface area contributed by atoms with Crippen LogP contribution in [0, 0.1) is 0 Å². The van der Waals surface area contributed by atoms with Crippen LogP contribution in [0.15, 0.2) is 0 Å². The molecule has 0 aromatic carbocycles. The zero-order valence-electron chi connectivity index (χ0n) is 7.69. The molecular weight excluding hydrogens is 190 g/mol. The number of carbonyl (C=O) groups is 2. The van der Waals surface area contributed by atoms with E-state index in [1.807, 2.05) is 0 Å². The molecule has 0 unspecified atom stereocenters. The Morgan fingerprint density at radius 1 is 1.29 bits per heavy atom. The van der Waals surface area contributed by atoms with E-state index >= 15 is 0 Å². The highest BCUT2D eigenvalue weighted by molar-refractivity contribution is 5.66. The summed E-state index contributed by atoms with van der Waals surface area (Å²) in [5, 5.41) is 21.1. The fraction of sp³-hybridized carbons (Fsp3) is 0.714. The molecule has 0 aliphatic carbocycles. The number of nitrogens with two attached hydrogens (primary N) is 1. The minimum atomic E-state index is -1.17. The van der Waals surface area contributed by atoms with Gasteiger partial charge in [0.15, 0.2) is 0 Å². The maximum absolute atomic E-state index is 10.3. The first-order valence-corrected chi connectivity index (χ1v) is 4.22. The van der Waals surface area contributed by atoms with Crippen LogP contribution in [-0.4, -0.2) is 41.5 Å². The molecule has 0 aliphatic heterocycles. The molecule has 14 heavy (non-hydrogen) atoms. The van der Waals surface area contributed by atoms with Crippen molar-refractivity contribution in [1.82, 2.24) is 10.6 Å². The Morgan fingerprint density at radius 3 is 2.36 bits per heavy atom. The number of nitrogens with one attached hydrogen (secondary N) is 2. The summed E-state index contributed by atoms with van der Waals surface area (Å²) in [5.74, 6) is 0. The largest absolute Gasteiger partial charge is 0.465 e. The third kappa shape index (κ3) is 7.17. The molecule has 0 rings (SSSR count). The van der Waals surface area contributed by atoms with Crippen LogP contribution in [0.1, 0.15) is 12.8 Å². The Bertz CT molecular complexity index is 197. The van der Waals surface area contributed by atoms with Gasteiger partial charge in [0.2, 0.25) is 0 Å². The van der Waals surface area contributed by atoms with Gasteiger partial charge in [0.1, 0.15) is 0 Å². The molecule has 7 heteroatoms. The molecule has 0 fully saturated rings. The van der Waals surface area contributed by atoms with E-state index in [2.05, 4.69) is 10.6 Å². The quantitative estimate of drug-likeness (QED) is 0.404. The second-order valence-corrected chi connectivity index (χ2v) is 2.76. The highest BCUT2D eigenvalue weighted by Gasteiger charge is 2.11. The Kier molecular flexibility index (Phi) is 6.21. The number of amides is 2. The van der Waals surface area contributed by atoms with Crippen molar-refractivity contribution in [1.29, 1.82) is 0 Å². The van der Waals surface area contributed by atoms with Crippen LogP contribution < -0.4 is 16.4 Å². The molecule has 0 aliphatic rings. The molecule has 0 aromatic rings. The van der Waals surface area contributed by atoms with Crippen LogP contribution in [0.5, 0.6) is 0 Å². The molecule has 0 bridgehead atoms. The minimum Gasteiger partial charge on any atom is -0.465 e. The molecule has 0 saturated heterocycles. The van der Waals surface area contributed by atoms with Crippen LogP contribution in [0.3, 0.4) is 0 Å². The van der Waals surface area contributed by atoms with Crippen molar-refractivity contribution in [2.24, 2.45) is 5.73 Å². The normalized spacial score (nSPS) is 11.8. The van der Waals surface area contributed by atoms with Gasteiger partial charge in [0.05, 0.1) is 0 Å². The Hall–Kier alpha value is -1.50. The van der Waals surface area contributed by atoms with Gasteiger partial charge < -0.3 is 26.6 Å². The second kappa shape index (κ2) is 6.96. The average Bonchev–Trinajstić information content (AvgIpc) is 2.09. The lowest BCUT2D eigenvalue weighted by molar-refractivity contribution is 0.182. The summed E-state index contributed by atoms with van der Waals surface area (Å²) in [7, 11) is 0. The molecule has 7 nitrogen and oxygen atoms in total.